The van der Waals surface area contributed by atoms with Gasteiger partial charge in [0.25, 0.3) is 5.91 Å². The van der Waals surface area contributed by atoms with E-state index in [0.29, 0.717) is 16.1 Å². The first-order valence-corrected chi connectivity index (χ1v) is 13.4. The molecule has 36 heavy (non-hydrogen) atoms. The average Bonchev–Trinajstić information content (AvgIpc) is 3.56. The molecule has 0 spiro atoms. The molecule has 2 aromatic carbocycles. The number of aromatic nitrogens is 1. The molecule has 0 fully saturated rings. The topological polar surface area (TPSA) is 69.0 Å². The number of hydrogen-bond donors (Lipinski definition) is 1. The van der Waals surface area contributed by atoms with E-state index in [0.717, 1.165) is 58.0 Å². The minimum Gasteiger partial charge on any atom is -0.312 e. The summed E-state index contributed by atoms with van der Waals surface area (Å²) in [6, 6.07) is 26.3. The summed E-state index contributed by atoms with van der Waals surface area (Å²) in [5.74, 6) is -0.220. The molecular weight excluding hydrogens is 484 g/mol. The van der Waals surface area contributed by atoms with E-state index in [9.17, 15) is 10.1 Å². The fourth-order valence-corrected chi connectivity index (χ4v) is 6.65. The second kappa shape index (κ2) is 9.67. The number of rotatable bonds is 5. The van der Waals surface area contributed by atoms with Crippen LogP contribution in [-0.4, -0.2) is 22.3 Å². The minimum absolute atomic E-state index is 0.220. The zero-order valence-corrected chi connectivity index (χ0v) is 21.0. The number of fused-ring (bicyclic) bond motifs is 2. The first-order valence-electron chi connectivity index (χ1n) is 11.8. The van der Waals surface area contributed by atoms with Crippen molar-refractivity contribution in [3.05, 3.63) is 105 Å². The summed E-state index contributed by atoms with van der Waals surface area (Å²) in [6.07, 6.45) is 0.804. The van der Waals surface area contributed by atoms with Crippen molar-refractivity contribution in [2.24, 2.45) is 0 Å². The number of nitrogens with one attached hydrogen (secondary N) is 1. The molecule has 0 unspecified atom stereocenters. The van der Waals surface area contributed by atoms with Crippen LogP contribution in [0.5, 0.6) is 0 Å². The summed E-state index contributed by atoms with van der Waals surface area (Å²) in [5, 5.41) is 16.5. The van der Waals surface area contributed by atoms with Gasteiger partial charge in [-0.15, -0.1) is 22.7 Å². The fraction of sp³-hybridized carbons (Fsp3) is 0.138. The lowest BCUT2D eigenvalue weighted by Gasteiger charge is -2.26. The van der Waals surface area contributed by atoms with Crippen LogP contribution in [0.3, 0.4) is 0 Å². The predicted molar refractivity (Wildman–Crippen MR) is 146 cm³/mol. The molecule has 0 aliphatic carbocycles. The maximum Gasteiger partial charge on any atom is 0.257 e. The van der Waals surface area contributed by atoms with Gasteiger partial charge in [0.2, 0.25) is 0 Å². The first kappa shape index (κ1) is 22.6. The van der Waals surface area contributed by atoms with Crippen LogP contribution in [0.15, 0.2) is 78.2 Å². The second-order valence-electron chi connectivity index (χ2n) is 8.77. The smallest absolute Gasteiger partial charge is 0.257 e. The summed E-state index contributed by atoms with van der Waals surface area (Å²) in [5.41, 5.74) is 5.05. The lowest BCUT2D eigenvalue weighted by molar-refractivity contribution is 0.102. The number of para-hydroxylation sites is 1. The minimum atomic E-state index is -0.220. The van der Waals surface area contributed by atoms with Gasteiger partial charge < -0.3 is 5.32 Å². The Morgan fingerprint density at radius 2 is 1.92 bits per heavy atom. The van der Waals surface area contributed by atoms with Crippen LogP contribution in [0.25, 0.3) is 21.5 Å². The van der Waals surface area contributed by atoms with Crippen molar-refractivity contribution < 1.29 is 4.79 Å². The van der Waals surface area contributed by atoms with E-state index < -0.39 is 0 Å². The molecule has 1 N–H and O–H groups in total. The highest BCUT2D eigenvalue weighted by Crippen LogP contribution is 2.38. The van der Waals surface area contributed by atoms with Crippen molar-refractivity contribution in [1.29, 1.82) is 5.26 Å². The number of anilines is 1. The van der Waals surface area contributed by atoms with Gasteiger partial charge in [-0.2, -0.15) is 5.26 Å². The quantitative estimate of drug-likeness (QED) is 0.288. The SMILES string of the molecule is N#Cc1c(NC(=O)c2cc(-c3cccs3)nc3ccccc23)sc2c1CCN(Cc1ccccc1)C2. The molecule has 0 bridgehead atoms. The summed E-state index contributed by atoms with van der Waals surface area (Å²) in [6.45, 7) is 2.54. The second-order valence-corrected chi connectivity index (χ2v) is 10.8. The largest absolute Gasteiger partial charge is 0.312 e. The van der Waals surface area contributed by atoms with Gasteiger partial charge in [-0.05, 0) is 41.1 Å². The number of nitriles is 1. The Balaban J connectivity index is 1.30. The first-order chi connectivity index (χ1) is 17.7. The Labute approximate surface area is 217 Å². The molecule has 6 rings (SSSR count). The van der Waals surface area contributed by atoms with Crippen molar-refractivity contribution in [3.8, 4) is 16.6 Å². The maximum absolute atomic E-state index is 13.6. The van der Waals surface area contributed by atoms with E-state index in [-0.39, 0.29) is 5.91 Å². The number of carbonyl (C=O) groups is 1. The number of hydrogen-bond acceptors (Lipinski definition) is 6. The lowest BCUT2D eigenvalue weighted by atomic mass is 10.0. The summed E-state index contributed by atoms with van der Waals surface area (Å²) in [7, 11) is 0. The molecule has 7 heteroatoms. The van der Waals surface area contributed by atoms with Crippen LogP contribution >= 0.6 is 22.7 Å². The van der Waals surface area contributed by atoms with Crippen LogP contribution in [-0.2, 0) is 19.5 Å². The summed E-state index contributed by atoms with van der Waals surface area (Å²) in [4.78, 5) is 22.9. The molecule has 1 aliphatic heterocycles. The molecule has 4 heterocycles. The van der Waals surface area contributed by atoms with E-state index in [1.807, 2.05) is 53.9 Å². The molecular formula is C29H22N4OS2. The van der Waals surface area contributed by atoms with Gasteiger partial charge in [0.15, 0.2) is 0 Å². The third-order valence-corrected chi connectivity index (χ3v) is 8.48. The van der Waals surface area contributed by atoms with Gasteiger partial charge in [-0.1, -0.05) is 54.6 Å². The molecule has 0 radical (unpaired) electrons. The van der Waals surface area contributed by atoms with Crippen molar-refractivity contribution in [2.45, 2.75) is 19.5 Å². The number of benzene rings is 2. The van der Waals surface area contributed by atoms with Crippen LogP contribution in [0, 0.1) is 11.3 Å². The highest BCUT2D eigenvalue weighted by molar-refractivity contribution is 7.16. The number of thiophene rings is 2. The highest BCUT2D eigenvalue weighted by Gasteiger charge is 2.26. The fourth-order valence-electron chi connectivity index (χ4n) is 4.72. The summed E-state index contributed by atoms with van der Waals surface area (Å²) >= 11 is 3.12. The van der Waals surface area contributed by atoms with Crippen molar-refractivity contribution in [1.82, 2.24) is 9.88 Å². The molecule has 5 nitrogen and oxygen atoms in total. The summed E-state index contributed by atoms with van der Waals surface area (Å²) < 4.78 is 0. The van der Waals surface area contributed by atoms with E-state index in [4.69, 9.17) is 4.98 Å². The van der Waals surface area contributed by atoms with Gasteiger partial charge in [-0.25, -0.2) is 4.98 Å². The van der Waals surface area contributed by atoms with E-state index in [1.54, 1.807) is 11.3 Å². The molecule has 0 saturated carbocycles. The number of amides is 1. The predicted octanol–water partition coefficient (Wildman–Crippen LogP) is 6.71. The molecule has 176 valence electrons. The Kier molecular flexibility index (Phi) is 6.08. The van der Waals surface area contributed by atoms with Gasteiger partial charge >= 0.3 is 0 Å². The Hall–Kier alpha value is -3.83. The van der Waals surface area contributed by atoms with Crippen molar-refractivity contribution in [3.63, 3.8) is 0 Å². The zero-order valence-electron chi connectivity index (χ0n) is 19.4. The van der Waals surface area contributed by atoms with E-state index in [2.05, 4.69) is 40.6 Å². The molecule has 0 saturated heterocycles. The third-order valence-electron chi connectivity index (χ3n) is 6.46. The zero-order chi connectivity index (χ0) is 24.5. The maximum atomic E-state index is 13.6. The Morgan fingerprint density at radius 3 is 2.72 bits per heavy atom. The van der Waals surface area contributed by atoms with E-state index in [1.165, 1.54) is 16.9 Å². The molecule has 1 aliphatic rings. The normalized spacial score (nSPS) is 13.3. The lowest BCUT2D eigenvalue weighted by Crippen LogP contribution is -2.29. The van der Waals surface area contributed by atoms with Crippen LogP contribution < -0.4 is 5.32 Å². The molecule has 1 amide bonds. The number of pyridine rings is 1. The van der Waals surface area contributed by atoms with Gasteiger partial charge in [0, 0.05) is 29.9 Å². The standard InChI is InChI=1S/C29H22N4OS2/c30-16-23-21-12-13-33(17-19-7-2-1-3-8-19)18-27(21)36-29(23)32-28(34)22-15-25(26-11-6-14-35-26)31-24-10-5-4-9-20(22)24/h1-11,14-15H,12-13,17-18H2,(H,32,34). The average molecular weight is 507 g/mol. The molecule has 5 aromatic rings. The van der Waals surface area contributed by atoms with Crippen LogP contribution in [0.1, 0.15) is 31.9 Å². The van der Waals surface area contributed by atoms with E-state index >= 15 is 0 Å². The van der Waals surface area contributed by atoms with Gasteiger partial charge in [-0.3, -0.25) is 9.69 Å². The van der Waals surface area contributed by atoms with Crippen molar-refractivity contribution >= 4 is 44.5 Å². The third kappa shape index (κ3) is 4.31. The van der Waals surface area contributed by atoms with Gasteiger partial charge in [0.1, 0.15) is 11.1 Å². The Bertz CT molecular complexity index is 1600. The monoisotopic (exact) mass is 506 g/mol. The Morgan fingerprint density at radius 1 is 1.08 bits per heavy atom. The van der Waals surface area contributed by atoms with Crippen molar-refractivity contribution in [2.75, 3.05) is 11.9 Å². The number of nitrogens with zero attached hydrogens (tertiary/aromatic N) is 3. The molecule has 3 aromatic heterocycles. The van der Waals surface area contributed by atoms with Crippen LogP contribution in [0.2, 0.25) is 0 Å². The highest BCUT2D eigenvalue weighted by atomic mass is 32.1. The van der Waals surface area contributed by atoms with Gasteiger partial charge in [0.05, 0.1) is 27.2 Å². The van der Waals surface area contributed by atoms with Crippen LogP contribution in [0.4, 0.5) is 5.00 Å². The number of carbonyl (C=O) groups excluding carboxylic acids is 1. The molecule has 0 atom stereocenters.